The Bertz CT molecular complexity index is 2380. The Morgan fingerprint density at radius 2 is 0.477 bits per heavy atom. The first kappa shape index (κ1) is 55.4. The largest absolute Gasteiger partial charge is 0.184 e. The molecule has 0 amide bonds. The van der Waals surface area contributed by atoms with Gasteiger partial charge in [-0.25, -0.2) is 0 Å². The molecule has 6 aliphatic rings. The van der Waals surface area contributed by atoms with Crippen molar-refractivity contribution >= 4 is 0 Å². The smallest absolute Gasteiger partial charge is 0.0119 e. The molecule has 0 nitrogen and oxygen atoms in total. The first-order valence-electron chi connectivity index (χ1n) is 23.3. The van der Waals surface area contributed by atoms with Crippen molar-refractivity contribution in [3.63, 3.8) is 0 Å². The minimum atomic E-state index is -0.211. The maximum absolute atomic E-state index is 3.48. The van der Waals surface area contributed by atoms with Gasteiger partial charge in [0.1, 0.15) is 0 Å². The van der Waals surface area contributed by atoms with E-state index in [1.165, 1.54) is 27.8 Å². The van der Waals surface area contributed by atoms with Crippen molar-refractivity contribution in [1.29, 1.82) is 0 Å². The number of benzene rings is 5. The molecule has 0 bridgehead atoms. The molecule has 0 aromatic heterocycles. The average Bonchev–Trinajstić information content (AvgIpc) is 3.65. The summed E-state index contributed by atoms with van der Waals surface area (Å²) in [4.78, 5) is 0. The van der Waals surface area contributed by atoms with Crippen molar-refractivity contribution < 1.29 is 164 Å². The van der Waals surface area contributed by atoms with Gasteiger partial charge in [-0.3, -0.25) is 0 Å². The molecule has 0 heterocycles. The van der Waals surface area contributed by atoms with Gasteiger partial charge in [-0.2, -0.15) is 157 Å². The standard InChI is InChI=1S/C60H61.5Y/c1-36-37(2)57(47-28-18-12-19-29-47)40(5)41(6)59(49-32-22-14-23-33-49)44(9)45(10)60(50-34-24-15-25-35-50)43(8)42(7)58(48-30-20-13-21-31-48)39(4)38(3)56(36,46-26-16-11-17-27-46)51-52(57)54(59)55(60)53(51)58;;;;;/h16-45,51H,1-10H3;;;;;/q-5;;;;;/t36-,37?,38?,39?,40-,41+,42+,43?,44?,45+,51?,56?,57?,58?,59?,60?;;;;;/m1...../s1. The summed E-state index contributed by atoms with van der Waals surface area (Å²) in [5.41, 5.74) is 13.5. The molecule has 0 aliphatic heterocycles. The molecule has 16 atom stereocenters. The zero-order valence-electron chi connectivity index (χ0n) is 40.3. The first-order valence-corrected chi connectivity index (χ1v) is 23.3. The van der Waals surface area contributed by atoms with Gasteiger partial charge in [-0.05, 0) is 86.9 Å². The van der Waals surface area contributed by atoms with Crippen molar-refractivity contribution in [2.45, 2.75) is 96.3 Å². The molecule has 321 valence electrons. The SMILES string of the molecule is CC1[C@@H](C)C2(c3cc[c-]cc3)C3C4=C5C6=C3C(c3cc[c-]cc3)(C(C)C2C)[C@@H](C)C(C)C6(c2cc[c-]cc2)[C@@H](C)C(C)C5(c2cc[c-]cc2)[C@@H](C)[C@@H](C)C41c1cc[c-]cc1.[Y].[Y].[Y].[Y].[Y]. The molecular formula is C60H61Y5-5. The predicted molar refractivity (Wildman–Crippen MR) is 244 cm³/mol. The zero-order valence-corrected chi connectivity index (χ0v) is 54.5. The Morgan fingerprint density at radius 3 is 0.738 bits per heavy atom. The van der Waals surface area contributed by atoms with Crippen LogP contribution in [0.15, 0.2) is 144 Å². The van der Waals surface area contributed by atoms with E-state index in [-0.39, 0.29) is 197 Å². The summed E-state index contributed by atoms with van der Waals surface area (Å²) < 4.78 is 0. The first-order chi connectivity index (χ1) is 29.0. The summed E-state index contributed by atoms with van der Waals surface area (Å²) in [5.74, 6) is 3.85. The van der Waals surface area contributed by atoms with Crippen LogP contribution in [0.1, 0.15) is 97.1 Å². The maximum Gasteiger partial charge on any atom is 0.0119 e. The summed E-state index contributed by atoms with van der Waals surface area (Å²) >= 11 is 0. The van der Waals surface area contributed by atoms with Crippen molar-refractivity contribution in [1.82, 2.24) is 0 Å². The van der Waals surface area contributed by atoms with Crippen LogP contribution in [-0.4, -0.2) is 0 Å². The number of hydrogen-bond acceptors (Lipinski definition) is 0. The number of rotatable bonds is 5. The third-order valence-electron chi connectivity index (χ3n) is 20.6. The third-order valence-corrected chi connectivity index (χ3v) is 20.6. The summed E-state index contributed by atoms with van der Waals surface area (Å²) in [5, 5.41) is 0. The molecule has 11 unspecified atom stereocenters. The van der Waals surface area contributed by atoms with Crippen LogP contribution in [0.25, 0.3) is 0 Å². The van der Waals surface area contributed by atoms with E-state index in [2.05, 4.69) is 221 Å². The average molecular weight is 1230 g/mol. The van der Waals surface area contributed by atoms with E-state index in [4.69, 9.17) is 0 Å². The van der Waals surface area contributed by atoms with Gasteiger partial charge in [0.25, 0.3) is 0 Å². The second kappa shape index (κ2) is 19.8. The van der Waals surface area contributed by atoms with E-state index >= 15 is 0 Å². The van der Waals surface area contributed by atoms with Crippen LogP contribution in [0, 0.1) is 95.4 Å². The fraction of sp³-hybridized carbons (Fsp3) is 0.433. The van der Waals surface area contributed by atoms with E-state index in [0.29, 0.717) is 59.2 Å². The van der Waals surface area contributed by atoms with Gasteiger partial charge < -0.3 is 0 Å². The normalized spacial score (nSPS) is 40.2. The summed E-state index contributed by atoms with van der Waals surface area (Å²) in [6.07, 6.45) is 0. The minimum absolute atomic E-state index is 0. The van der Waals surface area contributed by atoms with Gasteiger partial charge >= 0.3 is 0 Å². The van der Waals surface area contributed by atoms with E-state index < -0.39 is 0 Å². The summed E-state index contributed by atoms with van der Waals surface area (Å²) in [6.45, 7) is 26.8. The van der Waals surface area contributed by atoms with Crippen LogP contribution in [-0.2, 0) is 191 Å². The van der Waals surface area contributed by atoms with Crippen molar-refractivity contribution in [2.24, 2.45) is 65.1 Å². The Balaban J connectivity index is 0.00000140. The molecule has 0 saturated heterocycles. The molecule has 5 heteroatoms. The molecule has 65 heavy (non-hydrogen) atoms. The number of hydrogen-bond donors (Lipinski definition) is 0. The van der Waals surface area contributed by atoms with Crippen LogP contribution < -0.4 is 0 Å². The third kappa shape index (κ3) is 6.41. The molecule has 3 fully saturated rings. The van der Waals surface area contributed by atoms with Gasteiger partial charge in [-0.15, -0.1) is 22.3 Å². The van der Waals surface area contributed by atoms with Gasteiger partial charge in [0, 0.05) is 191 Å². The van der Waals surface area contributed by atoms with Crippen molar-refractivity contribution in [3.05, 3.63) is 202 Å². The minimum Gasteiger partial charge on any atom is -0.184 e. The van der Waals surface area contributed by atoms with E-state index in [0.717, 1.165) is 0 Å². The zero-order chi connectivity index (χ0) is 41.7. The monoisotopic (exact) mass is 1230 g/mol. The topological polar surface area (TPSA) is 0 Å². The van der Waals surface area contributed by atoms with Crippen molar-refractivity contribution in [2.75, 3.05) is 0 Å². The maximum atomic E-state index is 3.48. The molecule has 5 aromatic rings. The quantitative estimate of drug-likeness (QED) is 0.154. The van der Waals surface area contributed by atoms with Gasteiger partial charge in [0.15, 0.2) is 0 Å². The van der Waals surface area contributed by atoms with Crippen LogP contribution in [0.2, 0.25) is 0 Å². The van der Waals surface area contributed by atoms with Gasteiger partial charge in [0.2, 0.25) is 0 Å². The Labute approximate surface area is 518 Å². The molecule has 6 aliphatic carbocycles. The predicted octanol–water partition coefficient (Wildman–Crippen LogP) is 13.3. The summed E-state index contributed by atoms with van der Waals surface area (Å²) in [7, 11) is 0. The Hall–Kier alpha value is 1.10. The van der Waals surface area contributed by atoms with Crippen LogP contribution in [0.5, 0.6) is 0 Å². The Kier molecular flexibility index (Phi) is 16.9. The summed E-state index contributed by atoms with van der Waals surface area (Å²) in [6, 6.07) is 64.3. The Morgan fingerprint density at radius 1 is 0.277 bits per heavy atom. The molecular weight excluding hydrogens is 1170 g/mol. The van der Waals surface area contributed by atoms with Crippen LogP contribution in [0.3, 0.4) is 0 Å². The van der Waals surface area contributed by atoms with Gasteiger partial charge in [0.05, 0.1) is 0 Å². The molecule has 5 aromatic carbocycles. The van der Waals surface area contributed by atoms with E-state index in [1.54, 1.807) is 22.3 Å². The van der Waals surface area contributed by atoms with E-state index in [9.17, 15) is 0 Å². The van der Waals surface area contributed by atoms with Crippen LogP contribution in [0.4, 0.5) is 0 Å². The molecule has 11 rings (SSSR count). The molecule has 0 spiro atoms. The fourth-order valence-corrected chi connectivity index (χ4v) is 18.1. The second-order valence-corrected chi connectivity index (χ2v) is 20.7. The molecule has 0 N–H and O–H groups in total. The fourth-order valence-electron chi connectivity index (χ4n) is 18.1. The molecule has 3 saturated carbocycles. The van der Waals surface area contributed by atoms with Crippen molar-refractivity contribution in [3.8, 4) is 0 Å². The van der Waals surface area contributed by atoms with E-state index in [1.807, 2.05) is 0 Å². The number of allylic oxidation sites excluding steroid dienone is 4. The molecule has 5 radical (unpaired) electrons. The van der Waals surface area contributed by atoms with Gasteiger partial charge in [-0.1, -0.05) is 69.2 Å². The second-order valence-electron chi connectivity index (χ2n) is 20.7. The van der Waals surface area contributed by atoms with Crippen LogP contribution >= 0.6 is 0 Å².